The zero-order chi connectivity index (χ0) is 12.9. The number of hydrogen-bond acceptors (Lipinski definition) is 4. The summed E-state index contributed by atoms with van der Waals surface area (Å²) in [6, 6.07) is 0. The summed E-state index contributed by atoms with van der Waals surface area (Å²) in [6.07, 6.45) is 1.10. The molecule has 1 aliphatic rings. The number of morpholine rings is 1. The van der Waals surface area contributed by atoms with E-state index in [1.807, 2.05) is 7.05 Å². The monoisotopic (exact) mass is 248 g/mol. The maximum absolute atomic E-state index is 5.24. The van der Waals surface area contributed by atoms with Crippen molar-refractivity contribution in [1.82, 2.24) is 10.2 Å². The van der Waals surface area contributed by atoms with Crippen LogP contribution in [0.5, 0.6) is 0 Å². The van der Waals surface area contributed by atoms with Crippen LogP contribution < -0.4 is 5.32 Å². The molecular formula is C13H32N2O2. The zero-order valence-electron chi connectivity index (χ0n) is 12.0. The van der Waals surface area contributed by atoms with E-state index in [1.165, 1.54) is 6.54 Å². The number of ether oxygens (including phenoxy) is 2. The highest BCUT2D eigenvalue weighted by molar-refractivity contribution is 4.62. The Labute approximate surface area is 108 Å². The third-order valence-electron chi connectivity index (χ3n) is 2.50. The molecule has 0 radical (unpaired) electrons. The lowest BCUT2D eigenvalue weighted by Gasteiger charge is -2.27. The summed E-state index contributed by atoms with van der Waals surface area (Å²) in [5.74, 6) is 0.790. The summed E-state index contributed by atoms with van der Waals surface area (Å²) < 4.78 is 10.0. The second kappa shape index (κ2) is 12.3. The molecule has 0 aliphatic carbocycles. The number of nitrogens with one attached hydrogen (secondary N) is 1. The Morgan fingerprint density at radius 3 is 2.47 bits per heavy atom. The predicted molar refractivity (Wildman–Crippen MR) is 74.6 cm³/mol. The molecule has 0 aromatic carbocycles. The molecule has 0 aromatic heterocycles. The second-order valence-corrected chi connectivity index (χ2v) is 4.76. The van der Waals surface area contributed by atoms with Crippen LogP contribution in [-0.2, 0) is 9.47 Å². The van der Waals surface area contributed by atoms with Gasteiger partial charge in [-0.1, -0.05) is 13.8 Å². The van der Waals surface area contributed by atoms with E-state index in [0.29, 0.717) is 0 Å². The van der Waals surface area contributed by atoms with Crippen molar-refractivity contribution in [2.24, 2.45) is 5.92 Å². The van der Waals surface area contributed by atoms with E-state index in [1.54, 1.807) is 7.11 Å². The van der Waals surface area contributed by atoms with Crippen molar-refractivity contribution < 1.29 is 10.9 Å². The highest BCUT2D eigenvalue weighted by Gasteiger charge is 2.10. The van der Waals surface area contributed by atoms with Crippen molar-refractivity contribution in [3.05, 3.63) is 0 Å². The maximum Gasteiger partial charge on any atom is 0.0594 e. The summed E-state index contributed by atoms with van der Waals surface area (Å²) in [6.45, 7) is 11.7. The summed E-state index contributed by atoms with van der Waals surface area (Å²) in [4.78, 5) is 2.47. The van der Waals surface area contributed by atoms with Crippen molar-refractivity contribution in [1.29, 1.82) is 0 Å². The Balaban J connectivity index is 0. The third-order valence-corrected chi connectivity index (χ3v) is 2.50. The molecule has 1 rings (SSSR count). The highest BCUT2D eigenvalue weighted by atomic mass is 16.5. The molecule has 1 aliphatic heterocycles. The first-order valence-electron chi connectivity index (χ1n) is 6.64. The van der Waals surface area contributed by atoms with Crippen LogP contribution in [0.15, 0.2) is 0 Å². The van der Waals surface area contributed by atoms with Gasteiger partial charge in [-0.2, -0.15) is 0 Å². The summed E-state index contributed by atoms with van der Waals surface area (Å²) in [5.41, 5.74) is 0. The van der Waals surface area contributed by atoms with Crippen molar-refractivity contribution in [3.8, 4) is 0 Å². The molecule has 4 heteroatoms. The summed E-state index contributed by atoms with van der Waals surface area (Å²) in [5, 5.41) is 3.02. The van der Waals surface area contributed by atoms with Crippen molar-refractivity contribution >= 4 is 0 Å². The van der Waals surface area contributed by atoms with E-state index in [4.69, 9.17) is 9.47 Å². The Hall–Kier alpha value is -0.160. The van der Waals surface area contributed by atoms with Crippen LogP contribution in [-0.4, -0.2) is 65.1 Å². The molecule has 0 bridgehead atoms. The largest absolute Gasteiger partial charge is 0.385 e. The van der Waals surface area contributed by atoms with Crippen LogP contribution in [0.3, 0.4) is 0 Å². The molecule has 1 heterocycles. The van der Waals surface area contributed by atoms with E-state index in [2.05, 4.69) is 24.1 Å². The minimum atomic E-state index is 0. The lowest BCUT2D eigenvalue weighted by molar-refractivity contribution is 0.0329. The van der Waals surface area contributed by atoms with Crippen molar-refractivity contribution in [3.63, 3.8) is 0 Å². The smallest absolute Gasteiger partial charge is 0.0594 e. The minimum Gasteiger partial charge on any atom is -0.385 e. The molecule has 4 nitrogen and oxygen atoms in total. The van der Waals surface area contributed by atoms with E-state index in [9.17, 15) is 0 Å². The number of nitrogens with zero attached hydrogens (tertiary/aromatic N) is 1. The van der Waals surface area contributed by atoms with Gasteiger partial charge >= 0.3 is 0 Å². The molecule has 0 atom stereocenters. The fraction of sp³-hybridized carbons (Fsp3) is 1.00. The van der Waals surface area contributed by atoms with Crippen LogP contribution in [0.25, 0.3) is 0 Å². The van der Waals surface area contributed by atoms with E-state index >= 15 is 0 Å². The fourth-order valence-corrected chi connectivity index (χ4v) is 1.69. The summed E-state index contributed by atoms with van der Waals surface area (Å²) >= 11 is 0. The van der Waals surface area contributed by atoms with Crippen molar-refractivity contribution in [2.75, 3.05) is 60.2 Å². The Morgan fingerprint density at radius 2 is 2.00 bits per heavy atom. The molecule has 1 fully saturated rings. The van der Waals surface area contributed by atoms with E-state index < -0.39 is 0 Å². The zero-order valence-corrected chi connectivity index (χ0v) is 12.0. The molecule has 17 heavy (non-hydrogen) atoms. The van der Waals surface area contributed by atoms with E-state index in [0.717, 1.165) is 51.8 Å². The maximum atomic E-state index is 5.24. The molecule has 0 spiro atoms. The lowest BCUT2D eigenvalue weighted by Crippen LogP contribution is -2.38. The minimum absolute atomic E-state index is 0. The van der Waals surface area contributed by atoms with Gasteiger partial charge < -0.3 is 14.8 Å². The van der Waals surface area contributed by atoms with Gasteiger partial charge in [-0.25, -0.2) is 0 Å². The van der Waals surface area contributed by atoms with Crippen molar-refractivity contribution in [2.45, 2.75) is 20.3 Å². The quantitative estimate of drug-likeness (QED) is 0.722. The van der Waals surface area contributed by atoms with Crippen LogP contribution in [0, 0.1) is 5.92 Å². The Kier molecular flexibility index (Phi) is 12.2. The molecule has 0 amide bonds. The van der Waals surface area contributed by atoms with E-state index in [-0.39, 0.29) is 1.43 Å². The number of methoxy groups -OCH3 is 1. The van der Waals surface area contributed by atoms with Gasteiger partial charge in [0.2, 0.25) is 0 Å². The fourth-order valence-electron chi connectivity index (χ4n) is 1.69. The Morgan fingerprint density at radius 1 is 1.35 bits per heavy atom. The van der Waals surface area contributed by atoms with Crippen LogP contribution in [0.4, 0.5) is 0 Å². The predicted octanol–water partition coefficient (Wildman–Crippen LogP) is 1.46. The van der Waals surface area contributed by atoms with Gasteiger partial charge in [-0.15, -0.1) is 0 Å². The lowest BCUT2D eigenvalue weighted by atomic mass is 10.2. The Bertz CT molecular complexity index is 150. The standard InChI is InChI=1S/C8H17NO.C5H13NO.H2/c1-8(2)7-9-3-5-10-6-4-9;1-6-4-3-5-7-2;/h8H,3-7H2,1-2H3;6H,3-5H2,1-2H3;1H. The summed E-state index contributed by atoms with van der Waals surface area (Å²) in [7, 11) is 3.66. The first-order valence-corrected chi connectivity index (χ1v) is 6.64. The topological polar surface area (TPSA) is 33.7 Å². The van der Waals surface area contributed by atoms with Gasteiger partial charge in [-0.3, -0.25) is 4.90 Å². The molecule has 0 unspecified atom stereocenters. The molecule has 106 valence electrons. The molecule has 0 aromatic rings. The SMILES string of the molecule is CC(C)CN1CCOCC1.CNCCCOC.[HH]. The van der Waals surface area contributed by atoms with Gasteiger partial charge in [0.1, 0.15) is 0 Å². The molecule has 1 N–H and O–H groups in total. The molecular weight excluding hydrogens is 216 g/mol. The normalized spacial score (nSPS) is 16.8. The average molecular weight is 248 g/mol. The van der Waals surface area contributed by atoms with Gasteiger partial charge in [0.05, 0.1) is 13.2 Å². The first kappa shape index (κ1) is 16.8. The molecule has 0 saturated carbocycles. The van der Waals surface area contributed by atoms with Crippen LogP contribution in [0.1, 0.15) is 21.7 Å². The second-order valence-electron chi connectivity index (χ2n) is 4.76. The van der Waals surface area contributed by atoms with Gasteiger partial charge in [0.15, 0.2) is 0 Å². The number of rotatable bonds is 6. The van der Waals surface area contributed by atoms with Gasteiger partial charge in [0, 0.05) is 34.8 Å². The van der Waals surface area contributed by atoms with Gasteiger partial charge in [-0.05, 0) is 25.9 Å². The highest BCUT2D eigenvalue weighted by Crippen LogP contribution is 2.01. The number of hydrogen-bond donors (Lipinski definition) is 1. The third kappa shape index (κ3) is 12.1. The average Bonchev–Trinajstić information content (AvgIpc) is 2.31. The molecule has 1 saturated heterocycles. The van der Waals surface area contributed by atoms with Gasteiger partial charge in [0.25, 0.3) is 0 Å². The van der Waals surface area contributed by atoms with Crippen LogP contribution in [0.2, 0.25) is 0 Å². The first-order chi connectivity index (χ1) is 8.20. The van der Waals surface area contributed by atoms with Crippen LogP contribution >= 0.6 is 0 Å².